The number of nitrogens with zero attached hydrogens (tertiary/aromatic N) is 3. The second-order valence-corrected chi connectivity index (χ2v) is 12.3. The van der Waals surface area contributed by atoms with E-state index in [1.807, 2.05) is 50.0 Å². The Balaban J connectivity index is 0.000000219. The summed E-state index contributed by atoms with van der Waals surface area (Å²) in [4.78, 5) is 35.3. The lowest BCUT2D eigenvalue weighted by atomic mass is 9.64. The van der Waals surface area contributed by atoms with Crippen LogP contribution in [-0.4, -0.2) is 42.3 Å². The molecule has 7 rings (SSSR count). The molecular weight excluding hydrogens is 716 g/mol. The van der Waals surface area contributed by atoms with E-state index >= 15 is 0 Å². The molecule has 13 nitrogen and oxygen atoms in total. The SMILES string of the molecule is C=COC(=O)c1ccc(Oc2ccc3c(c2)COB3C)nc1OCC.[C-]#[N+]c1ccc(Oc2cc(OC(=O)CC)ccc2Oc2ccc3c(c2)COB3C)nc1.[HH]. The van der Waals surface area contributed by atoms with Crippen LogP contribution >= 0.6 is 0 Å². The van der Waals surface area contributed by atoms with Crippen LogP contribution in [-0.2, 0) is 32.1 Å². The van der Waals surface area contributed by atoms with Gasteiger partial charge in [0.15, 0.2) is 11.5 Å². The van der Waals surface area contributed by atoms with E-state index in [1.165, 1.54) is 6.20 Å². The molecule has 284 valence electrons. The van der Waals surface area contributed by atoms with E-state index in [0.29, 0.717) is 60.1 Å². The molecule has 0 bridgehead atoms. The number of pyridine rings is 2. The molecule has 0 saturated heterocycles. The summed E-state index contributed by atoms with van der Waals surface area (Å²) in [7, 11) is 0. The molecule has 0 amide bonds. The quantitative estimate of drug-likeness (QED) is 0.0400. The highest BCUT2D eigenvalue weighted by Crippen LogP contribution is 2.38. The smallest absolute Gasteiger partial charge is 0.348 e. The number of rotatable bonds is 12. The minimum Gasteiger partial charge on any atom is -0.477 e. The average molecular weight is 755 g/mol. The van der Waals surface area contributed by atoms with Crippen molar-refractivity contribution in [3.63, 3.8) is 0 Å². The normalized spacial score (nSPS) is 12.3. The fourth-order valence-corrected chi connectivity index (χ4v) is 5.74. The molecule has 0 spiro atoms. The van der Waals surface area contributed by atoms with Crippen LogP contribution in [0.5, 0.6) is 46.4 Å². The molecule has 0 unspecified atom stereocenters. The topological polar surface area (TPSA) is 138 Å². The highest BCUT2D eigenvalue weighted by molar-refractivity contribution is 6.67. The molecule has 4 heterocycles. The van der Waals surface area contributed by atoms with Gasteiger partial charge in [0.2, 0.25) is 23.3 Å². The van der Waals surface area contributed by atoms with Gasteiger partial charge in [-0.05, 0) is 83.6 Å². The van der Waals surface area contributed by atoms with Crippen molar-refractivity contribution >= 4 is 42.4 Å². The molecule has 2 aromatic heterocycles. The number of esters is 2. The van der Waals surface area contributed by atoms with Gasteiger partial charge in [0, 0.05) is 26.2 Å². The first-order chi connectivity index (χ1) is 27.2. The monoisotopic (exact) mass is 755 g/mol. The van der Waals surface area contributed by atoms with Crippen LogP contribution in [0.15, 0.2) is 97.9 Å². The minimum atomic E-state index is -0.582. The summed E-state index contributed by atoms with van der Waals surface area (Å²) in [5.74, 6) is 2.21. The van der Waals surface area contributed by atoms with Crippen LogP contribution in [0.3, 0.4) is 0 Å². The number of ether oxygens (including phenoxy) is 6. The van der Waals surface area contributed by atoms with Crippen LogP contribution in [0.25, 0.3) is 4.85 Å². The molecule has 0 aliphatic carbocycles. The van der Waals surface area contributed by atoms with Crippen LogP contribution in [0.2, 0.25) is 13.6 Å². The highest BCUT2D eigenvalue weighted by atomic mass is 16.5. The predicted octanol–water partition coefficient (Wildman–Crippen LogP) is 8.07. The zero-order valence-electron chi connectivity index (χ0n) is 31.3. The molecule has 56 heavy (non-hydrogen) atoms. The molecule has 0 atom stereocenters. The number of hydrogen-bond acceptors (Lipinski definition) is 12. The van der Waals surface area contributed by atoms with Crippen molar-refractivity contribution in [3.05, 3.63) is 126 Å². The van der Waals surface area contributed by atoms with E-state index in [0.717, 1.165) is 28.3 Å². The largest absolute Gasteiger partial charge is 0.477 e. The lowest BCUT2D eigenvalue weighted by molar-refractivity contribution is -0.134. The summed E-state index contributed by atoms with van der Waals surface area (Å²) in [6.07, 6.45) is 2.74. The van der Waals surface area contributed by atoms with Crippen molar-refractivity contribution in [2.45, 2.75) is 47.1 Å². The second kappa shape index (κ2) is 18.1. The van der Waals surface area contributed by atoms with Gasteiger partial charge < -0.3 is 37.7 Å². The zero-order valence-corrected chi connectivity index (χ0v) is 31.3. The van der Waals surface area contributed by atoms with Crippen LogP contribution < -0.4 is 34.6 Å². The Labute approximate surface area is 326 Å². The van der Waals surface area contributed by atoms with Crippen molar-refractivity contribution in [1.29, 1.82) is 0 Å². The maximum Gasteiger partial charge on any atom is 0.348 e. The van der Waals surface area contributed by atoms with Crippen molar-refractivity contribution in [3.8, 4) is 46.4 Å². The highest BCUT2D eigenvalue weighted by Gasteiger charge is 2.25. The predicted molar refractivity (Wildman–Crippen MR) is 211 cm³/mol. The molecule has 2 aliphatic heterocycles. The molecule has 5 aromatic rings. The van der Waals surface area contributed by atoms with E-state index in [1.54, 1.807) is 56.3 Å². The maximum absolute atomic E-state index is 11.9. The third kappa shape index (κ3) is 9.54. The summed E-state index contributed by atoms with van der Waals surface area (Å²) < 4.78 is 44.5. The Morgan fingerprint density at radius 1 is 0.839 bits per heavy atom. The number of carbonyl (C=O) groups excluding carboxylic acids is 2. The Morgan fingerprint density at radius 2 is 1.50 bits per heavy atom. The van der Waals surface area contributed by atoms with Gasteiger partial charge in [-0.1, -0.05) is 39.3 Å². The Morgan fingerprint density at radius 3 is 2.11 bits per heavy atom. The molecular formula is C41H39B2N3O10. The van der Waals surface area contributed by atoms with Gasteiger partial charge in [0.05, 0.1) is 32.7 Å². The number of aromatic nitrogens is 2. The average Bonchev–Trinajstić information content (AvgIpc) is 3.77. The molecule has 0 radical (unpaired) electrons. The minimum absolute atomic E-state index is 0. The van der Waals surface area contributed by atoms with Crippen LogP contribution in [0.4, 0.5) is 5.69 Å². The van der Waals surface area contributed by atoms with Gasteiger partial charge >= 0.3 is 25.8 Å². The first kappa shape index (κ1) is 39.1. The van der Waals surface area contributed by atoms with Gasteiger partial charge in [-0.15, -0.1) is 0 Å². The van der Waals surface area contributed by atoms with E-state index in [-0.39, 0.29) is 45.0 Å². The Bertz CT molecular complexity index is 2290. The molecule has 0 fully saturated rings. The summed E-state index contributed by atoms with van der Waals surface area (Å²) in [6.45, 7) is 19.6. The fourth-order valence-electron chi connectivity index (χ4n) is 5.74. The fraction of sp³-hybridized carbons (Fsp3) is 0.195. The molecule has 2 aliphatic rings. The molecule has 0 saturated carbocycles. The van der Waals surface area contributed by atoms with E-state index in [4.69, 9.17) is 44.3 Å². The van der Waals surface area contributed by atoms with Gasteiger partial charge in [-0.25, -0.2) is 14.6 Å². The first-order valence-electron chi connectivity index (χ1n) is 17.8. The zero-order chi connectivity index (χ0) is 39.6. The van der Waals surface area contributed by atoms with Gasteiger partial charge in [-0.3, -0.25) is 4.79 Å². The van der Waals surface area contributed by atoms with Gasteiger partial charge in [0.25, 0.3) is 0 Å². The van der Waals surface area contributed by atoms with Gasteiger partial charge in [0.1, 0.15) is 22.8 Å². The summed E-state index contributed by atoms with van der Waals surface area (Å²) in [5, 5.41) is 0. The number of hydrogen-bond donors (Lipinski definition) is 0. The second-order valence-electron chi connectivity index (χ2n) is 12.3. The third-order valence-corrected chi connectivity index (χ3v) is 8.56. The first-order valence-corrected chi connectivity index (χ1v) is 17.8. The molecule has 3 aromatic carbocycles. The van der Waals surface area contributed by atoms with E-state index in [2.05, 4.69) is 21.4 Å². The van der Waals surface area contributed by atoms with Crippen molar-refractivity contribution < 1.29 is 48.7 Å². The van der Waals surface area contributed by atoms with Crippen molar-refractivity contribution in [1.82, 2.24) is 9.97 Å². The lowest BCUT2D eigenvalue weighted by Crippen LogP contribution is -2.23. The third-order valence-electron chi connectivity index (χ3n) is 8.56. The Hall–Kier alpha value is -6.62. The number of carbonyl (C=O) groups is 2. The summed E-state index contributed by atoms with van der Waals surface area (Å²) in [6, 6.07) is 22.8. The summed E-state index contributed by atoms with van der Waals surface area (Å²) in [5.41, 5.74) is 5.11. The summed E-state index contributed by atoms with van der Waals surface area (Å²) >= 11 is 0. The molecule has 0 N–H and O–H groups in total. The van der Waals surface area contributed by atoms with Crippen LogP contribution in [0.1, 0.15) is 43.2 Å². The van der Waals surface area contributed by atoms with Gasteiger partial charge in [-0.2, -0.15) is 4.98 Å². The van der Waals surface area contributed by atoms with E-state index in [9.17, 15) is 9.59 Å². The van der Waals surface area contributed by atoms with Crippen molar-refractivity contribution in [2.75, 3.05) is 6.61 Å². The van der Waals surface area contributed by atoms with Crippen molar-refractivity contribution in [2.24, 2.45) is 0 Å². The number of benzene rings is 3. The lowest BCUT2D eigenvalue weighted by Gasteiger charge is -2.14. The van der Waals surface area contributed by atoms with Crippen LogP contribution in [0, 0.1) is 6.57 Å². The standard InChI is InChI=1S/C23H19BN2O5.C18H18BNO5.H2/c1-4-23(27)30-18-7-9-20(21(12-18)31-22-10-5-16(25-3)13-26-22)29-17-6-8-19-15(11-17)14-28-24(19)2;1-4-22-17-14(18(21)23-5-2)7-9-16(20-17)25-13-6-8-15-12(10-13)11-24-19(15)3;/h5-13H,4,14H2,1-2H3;5-10H,2,4,11H2,1,3H3;1H. The Kier molecular flexibility index (Phi) is 12.7. The number of fused-ring (bicyclic) bond motifs is 2. The maximum atomic E-state index is 11.9. The molecule has 15 heteroatoms. The van der Waals surface area contributed by atoms with E-state index < -0.39 is 5.97 Å².